The molecule has 2 aromatic rings. The number of nitro groups is 1. The number of rotatable bonds is 4. The van der Waals surface area contributed by atoms with Crippen molar-refractivity contribution in [1.82, 2.24) is 19.6 Å². The van der Waals surface area contributed by atoms with Crippen molar-refractivity contribution in [3.63, 3.8) is 0 Å². The number of aromatic nitrogens is 2. The molecule has 0 radical (unpaired) electrons. The van der Waals surface area contributed by atoms with Crippen molar-refractivity contribution in [2.24, 2.45) is 7.05 Å². The molecule has 0 unspecified atom stereocenters. The second-order valence-electron chi connectivity index (χ2n) is 5.99. The summed E-state index contributed by atoms with van der Waals surface area (Å²) in [5.41, 5.74) is 0.459. The fourth-order valence-electron chi connectivity index (χ4n) is 2.91. The Morgan fingerprint density at radius 3 is 2.68 bits per heavy atom. The molecule has 1 aliphatic rings. The van der Waals surface area contributed by atoms with Gasteiger partial charge in [0.2, 0.25) is 5.69 Å². The van der Waals surface area contributed by atoms with Gasteiger partial charge in [0.05, 0.1) is 4.92 Å². The summed E-state index contributed by atoms with van der Waals surface area (Å²) in [5, 5.41) is 15.0. The molecule has 1 aliphatic heterocycles. The summed E-state index contributed by atoms with van der Waals surface area (Å²) in [7, 11) is 1.54. The van der Waals surface area contributed by atoms with E-state index < -0.39 is 10.8 Å². The standard InChI is InChI=1S/C16H18FN5O3/c1-19-11-14(22(24)25)15(18-19)16(23)21-7-5-20(6-8-21)10-12-3-2-4-13(17)9-12/h2-4,9,11H,5-8,10H2,1H3. The predicted molar refractivity (Wildman–Crippen MR) is 87.4 cm³/mol. The van der Waals surface area contributed by atoms with Crippen molar-refractivity contribution in [1.29, 1.82) is 0 Å². The molecule has 0 atom stereocenters. The van der Waals surface area contributed by atoms with Crippen molar-refractivity contribution in [3.8, 4) is 0 Å². The molecule has 1 aromatic heterocycles. The van der Waals surface area contributed by atoms with E-state index in [2.05, 4.69) is 10.00 Å². The summed E-state index contributed by atoms with van der Waals surface area (Å²) in [6.07, 6.45) is 1.23. The van der Waals surface area contributed by atoms with Gasteiger partial charge in [-0.3, -0.25) is 24.5 Å². The molecule has 0 saturated carbocycles. The number of piperazine rings is 1. The van der Waals surface area contributed by atoms with Crippen molar-refractivity contribution < 1.29 is 14.1 Å². The average molecular weight is 347 g/mol. The smallest absolute Gasteiger partial charge is 0.320 e. The molecular formula is C16H18FN5O3. The van der Waals surface area contributed by atoms with Crippen LogP contribution >= 0.6 is 0 Å². The zero-order chi connectivity index (χ0) is 18.0. The molecular weight excluding hydrogens is 329 g/mol. The van der Waals surface area contributed by atoms with Crippen LogP contribution in [0.15, 0.2) is 30.5 Å². The Morgan fingerprint density at radius 1 is 1.32 bits per heavy atom. The van der Waals surface area contributed by atoms with Gasteiger partial charge in [0.25, 0.3) is 5.91 Å². The second-order valence-corrected chi connectivity index (χ2v) is 5.99. The van der Waals surface area contributed by atoms with E-state index >= 15 is 0 Å². The van der Waals surface area contributed by atoms with E-state index in [0.717, 1.165) is 5.56 Å². The van der Waals surface area contributed by atoms with Crippen LogP contribution in [-0.2, 0) is 13.6 Å². The molecule has 0 bridgehead atoms. The second kappa shape index (κ2) is 6.98. The molecule has 9 heteroatoms. The van der Waals surface area contributed by atoms with Gasteiger partial charge in [0.15, 0.2) is 0 Å². The van der Waals surface area contributed by atoms with Crippen molar-refractivity contribution in [2.45, 2.75) is 6.54 Å². The van der Waals surface area contributed by atoms with Gasteiger partial charge in [-0.2, -0.15) is 5.10 Å². The summed E-state index contributed by atoms with van der Waals surface area (Å²) >= 11 is 0. The Labute approximate surface area is 143 Å². The van der Waals surface area contributed by atoms with Crippen LogP contribution in [0.3, 0.4) is 0 Å². The van der Waals surface area contributed by atoms with E-state index in [9.17, 15) is 19.3 Å². The molecule has 1 fully saturated rings. The number of hydrogen-bond acceptors (Lipinski definition) is 5. The van der Waals surface area contributed by atoms with E-state index in [-0.39, 0.29) is 17.2 Å². The van der Waals surface area contributed by atoms with Gasteiger partial charge >= 0.3 is 5.69 Å². The minimum atomic E-state index is -0.597. The lowest BCUT2D eigenvalue weighted by Crippen LogP contribution is -2.48. The maximum absolute atomic E-state index is 13.2. The van der Waals surface area contributed by atoms with Crippen LogP contribution in [0.1, 0.15) is 16.1 Å². The van der Waals surface area contributed by atoms with Crippen LogP contribution < -0.4 is 0 Å². The minimum Gasteiger partial charge on any atom is -0.334 e. The highest BCUT2D eigenvalue weighted by molar-refractivity contribution is 5.96. The van der Waals surface area contributed by atoms with Crippen LogP contribution in [0.25, 0.3) is 0 Å². The predicted octanol–water partition coefficient (Wildman–Crippen LogP) is 1.43. The number of benzene rings is 1. The van der Waals surface area contributed by atoms with Gasteiger partial charge in [-0.25, -0.2) is 4.39 Å². The van der Waals surface area contributed by atoms with Gasteiger partial charge in [-0.05, 0) is 17.7 Å². The molecule has 0 aliphatic carbocycles. The molecule has 132 valence electrons. The fourth-order valence-corrected chi connectivity index (χ4v) is 2.91. The molecule has 1 amide bonds. The first-order chi connectivity index (χ1) is 11.9. The molecule has 0 spiro atoms. The van der Waals surface area contributed by atoms with E-state index in [1.165, 1.54) is 23.0 Å². The van der Waals surface area contributed by atoms with Gasteiger partial charge in [-0.15, -0.1) is 0 Å². The lowest BCUT2D eigenvalue weighted by molar-refractivity contribution is -0.385. The third kappa shape index (κ3) is 3.82. The maximum Gasteiger partial charge on any atom is 0.320 e. The Hall–Kier alpha value is -2.81. The summed E-state index contributed by atoms with van der Waals surface area (Å²) in [4.78, 5) is 26.7. The molecule has 0 N–H and O–H groups in total. The molecule has 2 heterocycles. The Balaban J connectivity index is 1.62. The summed E-state index contributed by atoms with van der Waals surface area (Å²) in [6, 6.07) is 6.43. The van der Waals surface area contributed by atoms with E-state index in [1.807, 2.05) is 6.07 Å². The maximum atomic E-state index is 13.2. The fraction of sp³-hybridized carbons (Fsp3) is 0.375. The average Bonchev–Trinajstić information content (AvgIpc) is 2.97. The topological polar surface area (TPSA) is 84.5 Å². The number of halogens is 1. The first-order valence-corrected chi connectivity index (χ1v) is 7.88. The number of nitrogens with zero attached hydrogens (tertiary/aromatic N) is 5. The van der Waals surface area contributed by atoms with Crippen molar-refractivity contribution in [2.75, 3.05) is 26.2 Å². The number of amides is 1. The molecule has 1 saturated heterocycles. The first-order valence-electron chi connectivity index (χ1n) is 7.88. The number of carbonyl (C=O) groups is 1. The van der Waals surface area contributed by atoms with Crippen LogP contribution in [0.5, 0.6) is 0 Å². The molecule has 3 rings (SSSR count). The third-order valence-corrected chi connectivity index (χ3v) is 4.16. The quantitative estimate of drug-likeness (QED) is 0.617. The number of carbonyl (C=O) groups excluding carboxylic acids is 1. The minimum absolute atomic E-state index is 0.133. The molecule has 8 nitrogen and oxygen atoms in total. The van der Waals surface area contributed by atoms with Crippen LogP contribution in [-0.4, -0.2) is 56.6 Å². The van der Waals surface area contributed by atoms with Gasteiger partial charge < -0.3 is 4.90 Å². The lowest BCUT2D eigenvalue weighted by atomic mass is 10.2. The third-order valence-electron chi connectivity index (χ3n) is 4.16. The highest BCUT2D eigenvalue weighted by Crippen LogP contribution is 2.19. The van der Waals surface area contributed by atoms with Gasteiger partial charge in [0.1, 0.15) is 12.0 Å². The zero-order valence-electron chi connectivity index (χ0n) is 13.8. The highest BCUT2D eigenvalue weighted by atomic mass is 19.1. The Bertz CT molecular complexity index is 799. The van der Waals surface area contributed by atoms with Crippen LogP contribution in [0.4, 0.5) is 10.1 Å². The van der Waals surface area contributed by atoms with E-state index in [4.69, 9.17) is 0 Å². The summed E-state index contributed by atoms with van der Waals surface area (Å²) in [5.74, 6) is -0.702. The number of aryl methyl sites for hydroxylation is 1. The van der Waals surface area contributed by atoms with E-state index in [0.29, 0.717) is 32.7 Å². The Kier molecular flexibility index (Phi) is 4.75. The molecule has 25 heavy (non-hydrogen) atoms. The zero-order valence-corrected chi connectivity index (χ0v) is 13.8. The monoisotopic (exact) mass is 347 g/mol. The Morgan fingerprint density at radius 2 is 2.04 bits per heavy atom. The number of hydrogen-bond donors (Lipinski definition) is 0. The van der Waals surface area contributed by atoms with Crippen LogP contribution in [0.2, 0.25) is 0 Å². The molecule has 1 aromatic carbocycles. The van der Waals surface area contributed by atoms with Gasteiger partial charge in [-0.1, -0.05) is 12.1 Å². The van der Waals surface area contributed by atoms with Crippen molar-refractivity contribution >= 4 is 11.6 Å². The SMILES string of the molecule is Cn1cc([N+](=O)[O-])c(C(=O)N2CCN(Cc3cccc(F)c3)CC2)n1. The highest BCUT2D eigenvalue weighted by Gasteiger charge is 2.30. The normalized spacial score (nSPS) is 15.4. The largest absolute Gasteiger partial charge is 0.334 e. The summed E-state index contributed by atoms with van der Waals surface area (Å²) in [6.45, 7) is 2.72. The van der Waals surface area contributed by atoms with Crippen LogP contribution in [0, 0.1) is 15.9 Å². The lowest BCUT2D eigenvalue weighted by Gasteiger charge is -2.34. The van der Waals surface area contributed by atoms with Crippen molar-refractivity contribution in [3.05, 3.63) is 57.7 Å². The van der Waals surface area contributed by atoms with E-state index in [1.54, 1.807) is 18.0 Å². The first kappa shape index (κ1) is 17.0. The van der Waals surface area contributed by atoms with Gasteiger partial charge in [0, 0.05) is 39.8 Å². The summed E-state index contributed by atoms with van der Waals surface area (Å²) < 4.78 is 14.5.